The van der Waals surface area contributed by atoms with Crippen LogP contribution >= 0.6 is 27.5 Å². The third kappa shape index (κ3) is 2.54. The van der Waals surface area contributed by atoms with E-state index in [4.69, 9.17) is 11.6 Å². The van der Waals surface area contributed by atoms with Crippen LogP contribution in [0.3, 0.4) is 0 Å². The molecule has 1 aromatic rings. The first-order valence-electron chi connectivity index (χ1n) is 3.45. The van der Waals surface area contributed by atoms with E-state index in [9.17, 15) is 5.11 Å². The fourth-order valence-electron chi connectivity index (χ4n) is 0.830. The lowest BCUT2D eigenvalue weighted by Crippen LogP contribution is -1.74. The number of benzene rings is 1. The molecule has 1 N–H and O–H groups in total. The minimum atomic E-state index is 0.263. The first-order valence-corrected chi connectivity index (χ1v) is 4.78. The highest BCUT2D eigenvalue weighted by molar-refractivity contribution is 9.10. The fourth-order valence-corrected chi connectivity index (χ4v) is 1.30. The van der Waals surface area contributed by atoms with Crippen molar-refractivity contribution in [2.24, 2.45) is 0 Å². The second-order valence-corrected chi connectivity index (χ2v) is 3.48. The molecule has 0 fully saturated rings. The van der Waals surface area contributed by atoms with E-state index in [2.05, 4.69) is 15.9 Å². The molecule has 0 aliphatic heterocycles. The van der Waals surface area contributed by atoms with Crippen molar-refractivity contribution in [2.75, 3.05) is 5.88 Å². The maximum Gasteiger partial charge on any atom is 0.122 e. The van der Waals surface area contributed by atoms with Crippen molar-refractivity contribution in [1.29, 1.82) is 0 Å². The van der Waals surface area contributed by atoms with Crippen LogP contribution in [0, 0.1) is 0 Å². The second-order valence-electron chi connectivity index (χ2n) is 2.26. The molecule has 0 spiro atoms. The third-order valence-electron chi connectivity index (χ3n) is 1.38. The van der Waals surface area contributed by atoms with E-state index in [0.717, 1.165) is 10.0 Å². The van der Waals surface area contributed by atoms with Gasteiger partial charge in [0.05, 0.1) is 0 Å². The lowest BCUT2D eigenvalue weighted by atomic mass is 10.2. The number of hydrogen-bond acceptors (Lipinski definition) is 1. The smallest absolute Gasteiger partial charge is 0.122 e. The second kappa shape index (κ2) is 4.53. The fraction of sp³-hybridized carbons (Fsp3) is 0.111. The molecule has 1 aromatic carbocycles. The Balaban J connectivity index is 2.97. The number of phenolic OH excluding ortho intramolecular Hbond substituents is 1. The van der Waals surface area contributed by atoms with E-state index < -0.39 is 0 Å². The maximum absolute atomic E-state index is 9.35. The molecule has 0 saturated heterocycles. The summed E-state index contributed by atoms with van der Waals surface area (Å²) in [7, 11) is 0. The summed E-state index contributed by atoms with van der Waals surface area (Å²) < 4.78 is 0.939. The Hall–Kier alpha value is -0.470. The average molecular weight is 248 g/mol. The zero-order valence-electron chi connectivity index (χ0n) is 6.30. The molecule has 0 bridgehead atoms. The van der Waals surface area contributed by atoms with Crippen LogP contribution in [0.4, 0.5) is 0 Å². The number of aromatic hydroxyl groups is 1. The van der Waals surface area contributed by atoms with Crippen LogP contribution in [0.1, 0.15) is 5.56 Å². The van der Waals surface area contributed by atoms with Crippen molar-refractivity contribution >= 4 is 33.6 Å². The van der Waals surface area contributed by atoms with Crippen molar-refractivity contribution in [3.8, 4) is 5.75 Å². The monoisotopic (exact) mass is 246 g/mol. The van der Waals surface area contributed by atoms with E-state index in [1.165, 1.54) is 0 Å². The molecule has 1 nitrogen and oxygen atoms in total. The summed E-state index contributed by atoms with van der Waals surface area (Å²) >= 11 is 8.77. The maximum atomic E-state index is 9.35. The van der Waals surface area contributed by atoms with Crippen LogP contribution in [-0.4, -0.2) is 11.0 Å². The highest BCUT2D eigenvalue weighted by Crippen LogP contribution is 2.22. The number of rotatable bonds is 2. The third-order valence-corrected chi connectivity index (χ3v) is 2.05. The first-order chi connectivity index (χ1) is 5.74. The highest BCUT2D eigenvalue weighted by atomic mass is 79.9. The van der Waals surface area contributed by atoms with E-state index in [0.29, 0.717) is 5.88 Å². The van der Waals surface area contributed by atoms with Crippen molar-refractivity contribution in [3.05, 3.63) is 34.3 Å². The summed E-state index contributed by atoms with van der Waals surface area (Å²) in [6, 6.07) is 5.25. The summed E-state index contributed by atoms with van der Waals surface area (Å²) in [6.07, 6.45) is 3.57. The largest absolute Gasteiger partial charge is 0.507 e. The Morgan fingerprint density at radius 1 is 1.50 bits per heavy atom. The van der Waals surface area contributed by atoms with Gasteiger partial charge in [-0.25, -0.2) is 0 Å². The quantitative estimate of drug-likeness (QED) is 0.794. The predicted octanol–water partition coefficient (Wildman–Crippen LogP) is 3.41. The van der Waals surface area contributed by atoms with E-state index in [1.54, 1.807) is 24.3 Å². The molecular weight excluding hydrogens is 239 g/mol. The molecule has 0 aromatic heterocycles. The van der Waals surface area contributed by atoms with Crippen molar-refractivity contribution in [1.82, 2.24) is 0 Å². The van der Waals surface area contributed by atoms with Gasteiger partial charge in [-0.2, -0.15) is 0 Å². The minimum Gasteiger partial charge on any atom is -0.507 e. The Bertz CT molecular complexity index is 297. The first kappa shape index (κ1) is 9.62. The zero-order valence-corrected chi connectivity index (χ0v) is 8.64. The molecule has 0 aliphatic carbocycles. The van der Waals surface area contributed by atoms with Gasteiger partial charge in [0, 0.05) is 15.9 Å². The minimum absolute atomic E-state index is 0.263. The van der Waals surface area contributed by atoms with Crippen LogP contribution in [0.25, 0.3) is 6.08 Å². The summed E-state index contributed by atoms with van der Waals surface area (Å²) in [5.74, 6) is 0.714. The highest BCUT2D eigenvalue weighted by Gasteiger charge is 1.96. The number of hydrogen-bond donors (Lipinski definition) is 1. The number of halogens is 2. The molecule has 0 unspecified atom stereocenters. The van der Waals surface area contributed by atoms with Crippen molar-refractivity contribution in [2.45, 2.75) is 0 Å². The van der Waals surface area contributed by atoms with Gasteiger partial charge in [-0.15, -0.1) is 11.6 Å². The average Bonchev–Trinajstić information content (AvgIpc) is 2.07. The Morgan fingerprint density at radius 2 is 2.25 bits per heavy atom. The predicted molar refractivity (Wildman–Crippen MR) is 55.6 cm³/mol. The SMILES string of the molecule is Oc1ccc(Br)cc1C=CCCl. The summed E-state index contributed by atoms with van der Waals surface area (Å²) in [5.41, 5.74) is 0.769. The van der Waals surface area contributed by atoms with Gasteiger partial charge in [0.1, 0.15) is 5.75 Å². The van der Waals surface area contributed by atoms with E-state index >= 15 is 0 Å². The normalized spacial score (nSPS) is 10.8. The van der Waals surface area contributed by atoms with Gasteiger partial charge in [-0.05, 0) is 18.2 Å². The standard InChI is InChI=1S/C9H8BrClO/c10-8-3-4-9(12)7(6-8)2-1-5-11/h1-4,6,12H,5H2. The van der Waals surface area contributed by atoms with Gasteiger partial charge in [0.2, 0.25) is 0 Å². The molecule has 0 saturated carbocycles. The lowest BCUT2D eigenvalue weighted by Gasteiger charge is -1.98. The van der Waals surface area contributed by atoms with Crippen molar-refractivity contribution < 1.29 is 5.11 Å². The van der Waals surface area contributed by atoms with Gasteiger partial charge < -0.3 is 5.11 Å². The number of phenols is 1. The van der Waals surface area contributed by atoms with Crippen LogP contribution in [-0.2, 0) is 0 Å². The van der Waals surface area contributed by atoms with Gasteiger partial charge in [0.25, 0.3) is 0 Å². The lowest BCUT2D eigenvalue weighted by molar-refractivity contribution is 0.474. The Morgan fingerprint density at radius 3 is 2.92 bits per heavy atom. The number of alkyl halides is 1. The van der Waals surface area contributed by atoms with Crippen LogP contribution in [0.15, 0.2) is 28.7 Å². The van der Waals surface area contributed by atoms with Gasteiger partial charge in [0.15, 0.2) is 0 Å². The van der Waals surface area contributed by atoms with Crippen LogP contribution < -0.4 is 0 Å². The molecule has 0 atom stereocenters. The molecule has 0 heterocycles. The van der Waals surface area contributed by atoms with Crippen molar-refractivity contribution in [3.63, 3.8) is 0 Å². The van der Waals surface area contributed by atoms with Gasteiger partial charge in [-0.3, -0.25) is 0 Å². The molecule has 12 heavy (non-hydrogen) atoms. The van der Waals surface area contributed by atoms with Crippen LogP contribution in [0.2, 0.25) is 0 Å². The molecule has 0 radical (unpaired) electrons. The van der Waals surface area contributed by atoms with E-state index in [-0.39, 0.29) is 5.75 Å². The Kier molecular flexibility index (Phi) is 3.63. The number of allylic oxidation sites excluding steroid dienone is 1. The topological polar surface area (TPSA) is 20.2 Å². The zero-order chi connectivity index (χ0) is 8.97. The molecular formula is C9H8BrClO. The van der Waals surface area contributed by atoms with Gasteiger partial charge >= 0.3 is 0 Å². The molecule has 0 amide bonds. The Labute approximate surface area is 84.8 Å². The molecule has 3 heteroatoms. The summed E-state index contributed by atoms with van der Waals surface area (Å²) in [4.78, 5) is 0. The molecule has 0 aliphatic rings. The molecule has 64 valence electrons. The van der Waals surface area contributed by atoms with E-state index in [1.807, 2.05) is 6.07 Å². The summed E-state index contributed by atoms with van der Waals surface area (Å²) in [6.45, 7) is 0. The summed E-state index contributed by atoms with van der Waals surface area (Å²) in [5, 5.41) is 9.35. The molecule has 1 rings (SSSR count). The van der Waals surface area contributed by atoms with Crippen LogP contribution in [0.5, 0.6) is 5.75 Å². The van der Waals surface area contributed by atoms with Gasteiger partial charge in [-0.1, -0.05) is 28.1 Å².